The van der Waals surface area contributed by atoms with Crippen molar-refractivity contribution in [3.05, 3.63) is 158 Å². The Bertz CT molecular complexity index is 1930. The average Bonchev–Trinajstić information content (AvgIpc) is 3.47. The van der Waals surface area contributed by atoms with Crippen LogP contribution < -0.4 is 5.32 Å². The molecule has 0 bridgehead atoms. The molecule has 0 saturated carbocycles. The Morgan fingerprint density at radius 3 is 1.33 bits per heavy atom. The Labute approximate surface area is 474 Å². The highest BCUT2D eigenvalue weighted by Crippen LogP contribution is 2.30. The number of hydrogen-bond donors (Lipinski definition) is 9. The van der Waals surface area contributed by atoms with Gasteiger partial charge in [-0.1, -0.05) is 185 Å². The van der Waals surface area contributed by atoms with Gasteiger partial charge in [0.1, 0.15) is 48.8 Å². The van der Waals surface area contributed by atoms with E-state index in [1.807, 2.05) is 6.08 Å². The summed E-state index contributed by atoms with van der Waals surface area (Å²) in [4.78, 5) is 13.2. The summed E-state index contributed by atoms with van der Waals surface area (Å²) in [5, 5.41) is 86.7. The molecule has 14 nitrogen and oxygen atoms in total. The number of aliphatic hydroxyl groups excluding tert-OH is 8. The van der Waals surface area contributed by atoms with Crippen LogP contribution in [0, 0.1) is 0 Å². The molecular weight excluding hydrogens is 1000 g/mol. The lowest BCUT2D eigenvalue weighted by atomic mass is 9.97. The van der Waals surface area contributed by atoms with Crippen molar-refractivity contribution in [2.45, 2.75) is 222 Å². The smallest absolute Gasteiger partial charge is 0.220 e. The average molecular weight is 1100 g/mol. The number of hydrogen-bond acceptors (Lipinski definition) is 13. The number of allylic oxidation sites excluding steroid dienone is 25. The fourth-order valence-electron chi connectivity index (χ4n) is 8.30. The SMILES string of the molecule is CC/C=C\C/C=C\C/C=C\C/C=C\C/C=C\C/C=C\C/C=C\C/C=C\C/C=C\C/C=C\CCCCCCC(=O)NC(COC1OC(CO)C(OC2OC(CO)C(O)C(O)C2O)C(O)C1O)C(O)/C=C/CC/C=C/CC/C=C/CC. The zero-order valence-electron chi connectivity index (χ0n) is 47.5. The van der Waals surface area contributed by atoms with Crippen LogP contribution in [0.4, 0.5) is 0 Å². The molecule has 2 heterocycles. The number of amides is 1. The fourth-order valence-corrected chi connectivity index (χ4v) is 8.30. The van der Waals surface area contributed by atoms with Gasteiger partial charge in [0, 0.05) is 6.42 Å². The van der Waals surface area contributed by atoms with Gasteiger partial charge in [-0.15, -0.1) is 0 Å². The lowest BCUT2D eigenvalue weighted by molar-refractivity contribution is -0.359. The zero-order valence-corrected chi connectivity index (χ0v) is 47.5. The van der Waals surface area contributed by atoms with Gasteiger partial charge in [-0.3, -0.25) is 4.79 Å². The first kappa shape index (κ1) is 70.7. The molecule has 79 heavy (non-hydrogen) atoms. The minimum absolute atomic E-state index is 0.228. The number of ether oxygens (including phenoxy) is 4. The number of rotatable bonds is 43. The summed E-state index contributed by atoms with van der Waals surface area (Å²) < 4.78 is 22.6. The van der Waals surface area contributed by atoms with Gasteiger partial charge < -0.3 is 65.1 Å². The topological polar surface area (TPSA) is 228 Å². The molecule has 9 N–H and O–H groups in total. The van der Waals surface area contributed by atoms with Crippen molar-refractivity contribution in [1.29, 1.82) is 0 Å². The van der Waals surface area contributed by atoms with Crippen LogP contribution in [0.1, 0.15) is 149 Å². The first-order chi connectivity index (χ1) is 38.6. The van der Waals surface area contributed by atoms with Crippen LogP contribution in [-0.2, 0) is 23.7 Å². The summed E-state index contributed by atoms with van der Waals surface area (Å²) in [5.41, 5.74) is 0. The number of aliphatic hydroxyl groups is 8. The van der Waals surface area contributed by atoms with Crippen molar-refractivity contribution in [3.63, 3.8) is 0 Å². The standard InChI is InChI=1S/C65H101NO13/c1-3-5-7-9-11-13-15-16-17-18-19-20-21-22-23-24-25-26-27-28-29-30-31-32-33-34-35-36-37-38-39-41-43-45-47-49-57(70)66-53(54(69)48-46-44-42-40-14-12-10-8-6-4-2)52-76-64-62(75)60(73)63(56(51-68)78-64)79-65-61(74)59(72)58(71)55(50-67)77-65/h5-8,11,13-14,16-17,19-20,22-23,25-26,28-29,31-32,34-35,37-38,40,46,48,53-56,58-65,67-69,71-75H,3-4,9-10,12,15,18,21,24,27,30,33,36,39,41-45,47,49-52H2,1-2H3,(H,66,70)/b7-5-,8-6+,13-11-,17-16-,20-19-,23-22-,26-25-,29-28-,32-31-,35-34-,38-37-,40-14+,48-46+. The van der Waals surface area contributed by atoms with Gasteiger partial charge >= 0.3 is 0 Å². The number of nitrogens with one attached hydrogen (secondary N) is 1. The van der Waals surface area contributed by atoms with E-state index >= 15 is 0 Å². The summed E-state index contributed by atoms with van der Waals surface area (Å²) in [5.74, 6) is -0.290. The van der Waals surface area contributed by atoms with E-state index in [0.29, 0.717) is 12.8 Å². The highest BCUT2D eigenvalue weighted by molar-refractivity contribution is 5.76. The number of unbranched alkanes of at least 4 members (excludes halogenated alkanes) is 6. The molecule has 2 saturated heterocycles. The first-order valence-corrected chi connectivity index (χ1v) is 29.2. The number of carbonyl (C=O) groups is 1. The lowest BCUT2D eigenvalue weighted by Crippen LogP contribution is -2.65. The van der Waals surface area contributed by atoms with Crippen LogP contribution in [0.25, 0.3) is 0 Å². The van der Waals surface area contributed by atoms with Gasteiger partial charge in [0.2, 0.25) is 5.91 Å². The Hall–Kier alpha value is -4.39. The number of carbonyl (C=O) groups excluding carboxylic acids is 1. The normalized spacial score (nSPS) is 25.6. The second-order valence-electron chi connectivity index (χ2n) is 19.6. The predicted octanol–water partition coefficient (Wildman–Crippen LogP) is 9.94. The second-order valence-corrected chi connectivity index (χ2v) is 19.6. The van der Waals surface area contributed by atoms with Crippen molar-refractivity contribution in [1.82, 2.24) is 5.32 Å². The highest BCUT2D eigenvalue weighted by Gasteiger charge is 2.51. The summed E-state index contributed by atoms with van der Waals surface area (Å²) in [6, 6.07) is -0.962. The van der Waals surface area contributed by atoms with Crippen LogP contribution >= 0.6 is 0 Å². The van der Waals surface area contributed by atoms with Crippen LogP contribution in [0.3, 0.4) is 0 Å². The van der Waals surface area contributed by atoms with Crippen LogP contribution in [0.2, 0.25) is 0 Å². The molecular formula is C65H101NO13. The molecule has 2 aliphatic heterocycles. The Kier molecular flexibility index (Phi) is 43.3. The molecule has 0 aliphatic carbocycles. The Morgan fingerprint density at radius 1 is 0.456 bits per heavy atom. The lowest BCUT2D eigenvalue weighted by Gasteiger charge is -2.46. The highest BCUT2D eigenvalue weighted by atomic mass is 16.7. The van der Waals surface area contributed by atoms with Crippen molar-refractivity contribution in [3.8, 4) is 0 Å². The van der Waals surface area contributed by atoms with Crippen molar-refractivity contribution in [2.24, 2.45) is 0 Å². The molecule has 12 unspecified atom stereocenters. The maximum absolute atomic E-state index is 13.2. The van der Waals surface area contributed by atoms with E-state index in [2.05, 4.69) is 165 Å². The molecule has 444 valence electrons. The summed E-state index contributed by atoms with van der Waals surface area (Å²) in [6.07, 6.45) is 57.4. The minimum Gasteiger partial charge on any atom is -0.394 e. The maximum atomic E-state index is 13.2. The third-order valence-electron chi connectivity index (χ3n) is 12.9. The Balaban J connectivity index is 1.69. The van der Waals surface area contributed by atoms with E-state index < -0.39 is 86.8 Å². The molecule has 0 aromatic rings. The van der Waals surface area contributed by atoms with Crippen molar-refractivity contribution < 1.29 is 64.6 Å². The first-order valence-electron chi connectivity index (χ1n) is 29.2. The van der Waals surface area contributed by atoms with Crippen molar-refractivity contribution >= 4 is 5.91 Å². The van der Waals surface area contributed by atoms with E-state index in [-0.39, 0.29) is 18.9 Å². The van der Waals surface area contributed by atoms with E-state index in [0.717, 1.165) is 116 Å². The molecule has 0 radical (unpaired) electrons. The van der Waals surface area contributed by atoms with E-state index in [1.54, 1.807) is 6.08 Å². The van der Waals surface area contributed by atoms with Gasteiger partial charge in [0.15, 0.2) is 12.6 Å². The maximum Gasteiger partial charge on any atom is 0.220 e. The minimum atomic E-state index is -1.80. The third-order valence-corrected chi connectivity index (χ3v) is 12.9. The summed E-state index contributed by atoms with van der Waals surface area (Å²) >= 11 is 0. The molecule has 2 rings (SSSR count). The summed E-state index contributed by atoms with van der Waals surface area (Å²) in [6.45, 7) is 2.46. The van der Waals surface area contributed by atoms with Gasteiger partial charge in [-0.2, -0.15) is 0 Å². The molecule has 0 aromatic heterocycles. The largest absolute Gasteiger partial charge is 0.394 e. The third kappa shape index (κ3) is 33.8. The Morgan fingerprint density at radius 2 is 0.848 bits per heavy atom. The van der Waals surface area contributed by atoms with Crippen LogP contribution in [0.5, 0.6) is 0 Å². The van der Waals surface area contributed by atoms with Gasteiger partial charge in [0.25, 0.3) is 0 Å². The van der Waals surface area contributed by atoms with E-state index in [1.165, 1.54) is 0 Å². The predicted molar refractivity (Wildman–Crippen MR) is 317 cm³/mol. The van der Waals surface area contributed by atoms with Gasteiger partial charge in [-0.05, 0) is 116 Å². The van der Waals surface area contributed by atoms with Crippen LogP contribution in [-0.4, -0.2) is 140 Å². The summed E-state index contributed by atoms with van der Waals surface area (Å²) in [7, 11) is 0. The second kappa shape index (κ2) is 48.3. The quantitative estimate of drug-likeness (QED) is 0.0205. The molecule has 2 fully saturated rings. The molecule has 0 spiro atoms. The van der Waals surface area contributed by atoms with E-state index in [4.69, 9.17) is 18.9 Å². The van der Waals surface area contributed by atoms with E-state index in [9.17, 15) is 45.6 Å². The molecule has 0 aromatic carbocycles. The van der Waals surface area contributed by atoms with Crippen LogP contribution in [0.15, 0.2) is 158 Å². The monoisotopic (exact) mass is 1100 g/mol. The fraction of sp³-hybridized carbons (Fsp3) is 0.585. The van der Waals surface area contributed by atoms with Gasteiger partial charge in [0.05, 0.1) is 32.0 Å². The molecule has 12 atom stereocenters. The van der Waals surface area contributed by atoms with Gasteiger partial charge in [-0.25, -0.2) is 0 Å². The molecule has 2 aliphatic rings. The molecule has 14 heteroatoms. The zero-order chi connectivity index (χ0) is 57.4. The van der Waals surface area contributed by atoms with Crippen molar-refractivity contribution in [2.75, 3.05) is 19.8 Å². The molecule has 1 amide bonds.